The maximum absolute atomic E-state index is 12.5. The number of hydrogen-bond donors (Lipinski definition) is 3. The summed E-state index contributed by atoms with van der Waals surface area (Å²) in [6.07, 6.45) is 0. The zero-order chi connectivity index (χ0) is 22.2. The normalized spacial score (nSPS) is 15.1. The Morgan fingerprint density at radius 2 is 1.74 bits per heavy atom. The molecule has 0 aromatic heterocycles. The number of quaternary nitrogens is 1. The van der Waals surface area contributed by atoms with Gasteiger partial charge in [0, 0.05) is 25.3 Å². The van der Waals surface area contributed by atoms with Gasteiger partial charge in [-0.1, -0.05) is 24.3 Å². The van der Waals surface area contributed by atoms with Crippen LogP contribution in [0.15, 0.2) is 48.5 Å². The quantitative estimate of drug-likeness (QED) is 0.560. The van der Waals surface area contributed by atoms with Crippen molar-refractivity contribution in [3.05, 3.63) is 54.1 Å². The lowest BCUT2D eigenvalue weighted by molar-refractivity contribution is -0.937. The number of ether oxygens (including phenoxy) is 2. The van der Waals surface area contributed by atoms with Crippen LogP contribution in [0, 0.1) is 0 Å². The van der Waals surface area contributed by atoms with Crippen molar-refractivity contribution in [1.82, 2.24) is 5.32 Å². The molecule has 2 aromatic carbocycles. The van der Waals surface area contributed by atoms with Gasteiger partial charge >= 0.3 is 11.8 Å². The first kappa shape index (κ1) is 22.6. The number of anilines is 2. The molecule has 0 bridgehead atoms. The molecule has 8 heteroatoms. The molecule has 0 radical (unpaired) electrons. The average Bonchev–Trinajstić information content (AvgIpc) is 2.80. The van der Waals surface area contributed by atoms with Crippen LogP contribution in [0.4, 0.5) is 11.4 Å². The highest BCUT2D eigenvalue weighted by Gasteiger charge is 2.28. The number of amides is 2. The molecule has 3 rings (SSSR count). The van der Waals surface area contributed by atoms with Crippen LogP contribution in [-0.4, -0.2) is 65.9 Å². The van der Waals surface area contributed by atoms with Crippen molar-refractivity contribution in [3.8, 4) is 5.75 Å². The Morgan fingerprint density at radius 1 is 1.06 bits per heavy atom. The summed E-state index contributed by atoms with van der Waals surface area (Å²) < 4.78 is 10.7. The molecule has 3 N–H and O–H groups in total. The number of benzene rings is 2. The number of methoxy groups -OCH3 is 1. The Morgan fingerprint density at radius 3 is 2.39 bits per heavy atom. The van der Waals surface area contributed by atoms with Gasteiger partial charge in [0.05, 0.1) is 32.6 Å². The van der Waals surface area contributed by atoms with Crippen molar-refractivity contribution >= 4 is 23.2 Å². The molecule has 0 unspecified atom stereocenters. The van der Waals surface area contributed by atoms with Crippen molar-refractivity contribution in [2.75, 3.05) is 64.3 Å². The predicted molar refractivity (Wildman–Crippen MR) is 120 cm³/mol. The van der Waals surface area contributed by atoms with Gasteiger partial charge in [-0.3, -0.25) is 9.59 Å². The van der Waals surface area contributed by atoms with E-state index in [-0.39, 0.29) is 6.04 Å². The van der Waals surface area contributed by atoms with E-state index in [1.165, 1.54) is 12.0 Å². The number of morpholine rings is 1. The highest BCUT2D eigenvalue weighted by atomic mass is 16.5. The van der Waals surface area contributed by atoms with E-state index in [9.17, 15) is 9.59 Å². The van der Waals surface area contributed by atoms with Crippen LogP contribution in [0.25, 0.3) is 0 Å². The third kappa shape index (κ3) is 5.96. The molecule has 1 heterocycles. The van der Waals surface area contributed by atoms with E-state index in [1.54, 1.807) is 24.3 Å². The SMILES string of the molecule is COc1ccccc1NC(=O)C(=O)NC[C@H](c1ccc(N(C)C)cc1)[NH+]1CCOCC1. The van der Waals surface area contributed by atoms with Gasteiger partial charge in [0.2, 0.25) is 0 Å². The number of hydrogen-bond acceptors (Lipinski definition) is 5. The van der Waals surface area contributed by atoms with Crippen molar-refractivity contribution in [2.24, 2.45) is 0 Å². The monoisotopic (exact) mass is 427 g/mol. The fraction of sp³-hybridized carbons (Fsp3) is 0.391. The summed E-state index contributed by atoms with van der Waals surface area (Å²) in [6, 6.07) is 15.3. The van der Waals surface area contributed by atoms with E-state index >= 15 is 0 Å². The van der Waals surface area contributed by atoms with E-state index in [4.69, 9.17) is 9.47 Å². The predicted octanol–water partition coefficient (Wildman–Crippen LogP) is 0.472. The van der Waals surface area contributed by atoms with Gasteiger partial charge in [-0.05, 0) is 24.3 Å². The lowest BCUT2D eigenvalue weighted by Crippen LogP contribution is -3.15. The molecule has 1 aliphatic heterocycles. The summed E-state index contributed by atoms with van der Waals surface area (Å²) in [4.78, 5) is 28.3. The molecule has 166 valence electrons. The van der Waals surface area contributed by atoms with E-state index in [1.807, 2.05) is 19.0 Å². The van der Waals surface area contributed by atoms with Gasteiger partial charge in [-0.25, -0.2) is 0 Å². The molecule has 31 heavy (non-hydrogen) atoms. The van der Waals surface area contributed by atoms with Gasteiger partial charge in [-0.15, -0.1) is 0 Å². The summed E-state index contributed by atoms with van der Waals surface area (Å²) in [5.41, 5.74) is 2.69. The molecule has 1 atom stereocenters. The second-order valence-electron chi connectivity index (χ2n) is 7.67. The molecule has 1 aliphatic rings. The topological polar surface area (TPSA) is 84.3 Å². The van der Waals surface area contributed by atoms with Gasteiger partial charge < -0.3 is 29.9 Å². The highest BCUT2D eigenvalue weighted by molar-refractivity contribution is 6.39. The number of nitrogens with zero attached hydrogens (tertiary/aromatic N) is 1. The molecule has 0 aliphatic carbocycles. The van der Waals surface area contributed by atoms with Crippen LogP contribution in [0.5, 0.6) is 5.75 Å². The van der Waals surface area contributed by atoms with E-state index in [2.05, 4.69) is 34.9 Å². The highest BCUT2D eigenvalue weighted by Crippen LogP contribution is 2.22. The largest absolute Gasteiger partial charge is 0.495 e. The third-order valence-corrected chi connectivity index (χ3v) is 5.47. The minimum absolute atomic E-state index is 0.0307. The lowest BCUT2D eigenvalue weighted by atomic mass is 10.0. The Labute approximate surface area is 183 Å². The van der Waals surface area contributed by atoms with Crippen LogP contribution >= 0.6 is 0 Å². The fourth-order valence-corrected chi connectivity index (χ4v) is 3.69. The first-order valence-electron chi connectivity index (χ1n) is 10.4. The van der Waals surface area contributed by atoms with Crippen LogP contribution in [0.3, 0.4) is 0 Å². The summed E-state index contributed by atoms with van der Waals surface area (Å²) in [6.45, 7) is 3.43. The molecule has 0 saturated carbocycles. The van der Waals surface area contributed by atoms with Crippen LogP contribution in [0.1, 0.15) is 11.6 Å². The minimum atomic E-state index is -0.719. The van der Waals surface area contributed by atoms with Crippen LogP contribution < -0.4 is 25.2 Å². The maximum Gasteiger partial charge on any atom is 0.313 e. The molecule has 2 amide bonds. The molecule has 2 aromatic rings. The zero-order valence-corrected chi connectivity index (χ0v) is 18.3. The number of nitrogens with one attached hydrogen (secondary N) is 3. The van der Waals surface area contributed by atoms with Crippen LogP contribution in [-0.2, 0) is 14.3 Å². The second-order valence-corrected chi connectivity index (χ2v) is 7.67. The Balaban J connectivity index is 1.67. The van der Waals surface area contributed by atoms with Crippen molar-refractivity contribution in [3.63, 3.8) is 0 Å². The Bertz CT molecular complexity index is 879. The summed E-state index contributed by atoms with van der Waals surface area (Å²) in [5, 5.41) is 5.43. The van der Waals surface area contributed by atoms with Crippen molar-refractivity contribution in [1.29, 1.82) is 0 Å². The van der Waals surface area contributed by atoms with E-state index in [0.29, 0.717) is 31.2 Å². The lowest BCUT2D eigenvalue weighted by Gasteiger charge is -2.32. The number of para-hydroxylation sites is 2. The van der Waals surface area contributed by atoms with Crippen LogP contribution in [0.2, 0.25) is 0 Å². The molecule has 1 saturated heterocycles. The summed E-state index contributed by atoms with van der Waals surface area (Å²) >= 11 is 0. The Kier molecular flexibility index (Phi) is 7.86. The molecule has 0 spiro atoms. The van der Waals surface area contributed by atoms with Crippen molar-refractivity contribution in [2.45, 2.75) is 6.04 Å². The first-order chi connectivity index (χ1) is 15.0. The molecular formula is C23H31N4O4+. The van der Waals surface area contributed by atoms with E-state index in [0.717, 1.165) is 24.3 Å². The standard InChI is InChI=1S/C23H30N4O4/c1-26(2)18-10-8-17(9-11-18)20(27-12-14-31-15-13-27)16-24-22(28)23(29)25-19-6-4-5-7-21(19)30-3/h4-11,20H,12-16H2,1-3H3,(H,24,28)(H,25,29)/p+1/t20-/m1/s1. The fourth-order valence-electron chi connectivity index (χ4n) is 3.69. The number of carbonyl (C=O) groups is 2. The van der Waals surface area contributed by atoms with Gasteiger partial charge in [0.1, 0.15) is 24.9 Å². The van der Waals surface area contributed by atoms with Gasteiger partial charge in [0.25, 0.3) is 0 Å². The maximum atomic E-state index is 12.5. The van der Waals surface area contributed by atoms with Crippen molar-refractivity contribution < 1.29 is 24.0 Å². The Hall–Kier alpha value is -3.10. The summed E-state index contributed by atoms with van der Waals surface area (Å²) in [5.74, 6) is -0.892. The molecule has 1 fully saturated rings. The van der Waals surface area contributed by atoms with Gasteiger partial charge in [0.15, 0.2) is 0 Å². The molecular weight excluding hydrogens is 396 g/mol. The smallest absolute Gasteiger partial charge is 0.313 e. The minimum Gasteiger partial charge on any atom is -0.495 e. The molecule has 8 nitrogen and oxygen atoms in total. The number of rotatable bonds is 7. The second kappa shape index (κ2) is 10.8. The third-order valence-electron chi connectivity index (χ3n) is 5.47. The average molecular weight is 428 g/mol. The zero-order valence-electron chi connectivity index (χ0n) is 18.3. The first-order valence-corrected chi connectivity index (χ1v) is 10.4. The van der Waals surface area contributed by atoms with E-state index < -0.39 is 11.8 Å². The summed E-state index contributed by atoms with van der Waals surface area (Å²) in [7, 11) is 5.52. The number of carbonyl (C=O) groups excluding carboxylic acids is 2. The van der Waals surface area contributed by atoms with Gasteiger partial charge in [-0.2, -0.15) is 0 Å².